The highest BCUT2D eigenvalue weighted by Crippen LogP contribution is 2.35. The molecule has 2 rings (SSSR count). The second-order valence-corrected chi connectivity index (χ2v) is 6.07. The van der Waals surface area contributed by atoms with Gasteiger partial charge in [-0.05, 0) is 47.5 Å². The van der Waals surface area contributed by atoms with Crippen LogP contribution in [0.15, 0.2) is 27.5 Å². The first kappa shape index (κ1) is 16.1. The molecule has 0 saturated carbocycles. The van der Waals surface area contributed by atoms with Gasteiger partial charge in [-0.3, -0.25) is 9.36 Å². The van der Waals surface area contributed by atoms with Crippen molar-refractivity contribution in [1.82, 2.24) is 4.57 Å². The SMILES string of the molecule is Cc1cc(=O)n(-c2ccc(Br)c(Cl)c2Cl)c(C)c1C(=O)O. The van der Waals surface area contributed by atoms with E-state index in [2.05, 4.69) is 15.9 Å². The third kappa shape index (κ3) is 2.73. The molecule has 0 radical (unpaired) electrons. The molecule has 0 fully saturated rings. The van der Waals surface area contributed by atoms with Crippen LogP contribution in [-0.4, -0.2) is 15.6 Å². The van der Waals surface area contributed by atoms with E-state index in [1.54, 1.807) is 26.0 Å². The zero-order valence-electron chi connectivity index (χ0n) is 11.1. The average molecular weight is 391 g/mol. The fourth-order valence-electron chi connectivity index (χ4n) is 2.20. The summed E-state index contributed by atoms with van der Waals surface area (Å²) < 4.78 is 1.84. The Bertz CT molecular complexity index is 815. The summed E-state index contributed by atoms with van der Waals surface area (Å²) >= 11 is 15.5. The number of aromatic nitrogens is 1. The highest BCUT2D eigenvalue weighted by atomic mass is 79.9. The molecule has 4 nitrogen and oxygen atoms in total. The number of aromatic carboxylic acids is 1. The van der Waals surface area contributed by atoms with Crippen molar-refractivity contribution in [1.29, 1.82) is 0 Å². The Labute approximate surface area is 139 Å². The third-order valence-corrected chi connectivity index (χ3v) is 4.88. The zero-order valence-corrected chi connectivity index (χ0v) is 14.2. The van der Waals surface area contributed by atoms with E-state index in [1.165, 1.54) is 10.6 Å². The number of carboxylic acid groups (broad SMARTS) is 1. The molecular formula is C14H10BrCl2NO3. The third-order valence-electron chi connectivity index (χ3n) is 3.12. The topological polar surface area (TPSA) is 59.3 Å². The van der Waals surface area contributed by atoms with Crippen LogP contribution in [0, 0.1) is 13.8 Å². The quantitative estimate of drug-likeness (QED) is 0.781. The van der Waals surface area contributed by atoms with Crippen molar-refractivity contribution < 1.29 is 9.90 Å². The molecule has 2 aromatic rings. The fraction of sp³-hybridized carbons (Fsp3) is 0.143. The van der Waals surface area contributed by atoms with Crippen LogP contribution >= 0.6 is 39.1 Å². The maximum atomic E-state index is 12.2. The summed E-state index contributed by atoms with van der Waals surface area (Å²) in [5, 5.41) is 9.73. The Morgan fingerprint density at radius 2 is 1.86 bits per heavy atom. The number of benzene rings is 1. The number of hydrogen-bond donors (Lipinski definition) is 1. The summed E-state index contributed by atoms with van der Waals surface area (Å²) in [6.45, 7) is 3.14. The van der Waals surface area contributed by atoms with Crippen LogP contribution in [0.3, 0.4) is 0 Å². The molecular weight excluding hydrogens is 381 g/mol. The summed E-state index contributed by atoms with van der Waals surface area (Å²) in [7, 11) is 0. The van der Waals surface area contributed by atoms with Gasteiger partial charge in [-0.25, -0.2) is 4.79 Å². The fourth-order valence-corrected chi connectivity index (χ4v) is 3.05. The van der Waals surface area contributed by atoms with E-state index < -0.39 is 5.97 Å². The highest BCUT2D eigenvalue weighted by Gasteiger charge is 2.19. The molecule has 0 unspecified atom stereocenters. The molecule has 0 saturated heterocycles. The molecule has 0 aliphatic rings. The van der Waals surface area contributed by atoms with Crippen LogP contribution in [0.25, 0.3) is 5.69 Å². The predicted octanol–water partition coefficient (Wildman–Crippen LogP) is 4.22. The van der Waals surface area contributed by atoms with E-state index in [1.807, 2.05) is 0 Å². The summed E-state index contributed by atoms with van der Waals surface area (Å²) in [5.41, 5.74) is 0.753. The minimum atomic E-state index is -1.10. The average Bonchev–Trinajstić information content (AvgIpc) is 2.37. The molecule has 1 aromatic carbocycles. The number of rotatable bonds is 2. The lowest BCUT2D eigenvalue weighted by Crippen LogP contribution is -2.24. The molecule has 0 aliphatic heterocycles. The maximum absolute atomic E-state index is 12.2. The van der Waals surface area contributed by atoms with Gasteiger partial charge in [0.25, 0.3) is 5.56 Å². The highest BCUT2D eigenvalue weighted by molar-refractivity contribution is 9.10. The molecule has 0 aliphatic carbocycles. The van der Waals surface area contributed by atoms with Crippen molar-refractivity contribution in [2.24, 2.45) is 0 Å². The molecule has 0 amide bonds. The second kappa shape index (κ2) is 5.83. The van der Waals surface area contributed by atoms with Crippen molar-refractivity contribution in [3.8, 4) is 5.69 Å². The minimum absolute atomic E-state index is 0.0738. The summed E-state index contributed by atoms with van der Waals surface area (Å²) in [4.78, 5) is 23.6. The van der Waals surface area contributed by atoms with E-state index in [0.29, 0.717) is 21.4 Å². The monoisotopic (exact) mass is 389 g/mol. The number of pyridine rings is 1. The van der Waals surface area contributed by atoms with Gasteiger partial charge in [-0.15, -0.1) is 0 Å². The van der Waals surface area contributed by atoms with Crippen LogP contribution < -0.4 is 5.56 Å². The molecule has 1 N–H and O–H groups in total. The second-order valence-electron chi connectivity index (χ2n) is 4.46. The largest absolute Gasteiger partial charge is 0.478 e. The van der Waals surface area contributed by atoms with Crippen LogP contribution in [-0.2, 0) is 0 Å². The van der Waals surface area contributed by atoms with Gasteiger partial charge in [-0.2, -0.15) is 0 Å². The summed E-state index contributed by atoms with van der Waals surface area (Å²) in [6, 6.07) is 4.52. The Hall–Kier alpha value is -1.30. The van der Waals surface area contributed by atoms with Crippen LogP contribution in [0.1, 0.15) is 21.6 Å². The van der Waals surface area contributed by atoms with Crippen molar-refractivity contribution in [2.75, 3.05) is 0 Å². The van der Waals surface area contributed by atoms with E-state index in [4.69, 9.17) is 23.2 Å². The van der Waals surface area contributed by atoms with Crippen molar-refractivity contribution in [2.45, 2.75) is 13.8 Å². The maximum Gasteiger partial charge on any atom is 0.337 e. The van der Waals surface area contributed by atoms with E-state index in [9.17, 15) is 14.7 Å². The molecule has 110 valence electrons. The molecule has 21 heavy (non-hydrogen) atoms. The van der Waals surface area contributed by atoms with Gasteiger partial charge < -0.3 is 5.11 Å². The number of carbonyl (C=O) groups is 1. The van der Waals surface area contributed by atoms with E-state index in [0.717, 1.165) is 0 Å². The lowest BCUT2D eigenvalue weighted by Gasteiger charge is -2.16. The standard InChI is InChI=1S/C14H10BrCl2NO3/c1-6-5-10(19)18(7(2)11(6)14(20)21)9-4-3-8(15)12(16)13(9)17/h3-5H,1-2H3,(H,20,21). The Kier molecular flexibility index (Phi) is 4.46. The Balaban J connectivity index is 2.89. The molecule has 0 spiro atoms. The van der Waals surface area contributed by atoms with Crippen LogP contribution in [0.2, 0.25) is 10.0 Å². The normalized spacial score (nSPS) is 10.7. The van der Waals surface area contributed by atoms with Crippen LogP contribution in [0.5, 0.6) is 0 Å². The number of hydrogen-bond acceptors (Lipinski definition) is 2. The first-order valence-electron chi connectivity index (χ1n) is 5.86. The van der Waals surface area contributed by atoms with Gasteiger partial charge in [0.15, 0.2) is 0 Å². The van der Waals surface area contributed by atoms with Gasteiger partial charge in [0, 0.05) is 16.2 Å². The Morgan fingerprint density at radius 3 is 2.43 bits per heavy atom. The Morgan fingerprint density at radius 1 is 1.24 bits per heavy atom. The van der Waals surface area contributed by atoms with Crippen molar-refractivity contribution in [3.63, 3.8) is 0 Å². The van der Waals surface area contributed by atoms with Crippen LogP contribution in [0.4, 0.5) is 0 Å². The van der Waals surface area contributed by atoms with Gasteiger partial charge >= 0.3 is 5.97 Å². The molecule has 1 aromatic heterocycles. The summed E-state index contributed by atoms with van der Waals surface area (Å²) in [6.07, 6.45) is 0. The number of nitrogens with zero attached hydrogens (tertiary/aromatic N) is 1. The first-order valence-corrected chi connectivity index (χ1v) is 7.41. The number of halogens is 3. The predicted molar refractivity (Wildman–Crippen MR) is 86.2 cm³/mol. The van der Waals surface area contributed by atoms with Gasteiger partial charge in [0.1, 0.15) is 0 Å². The van der Waals surface area contributed by atoms with E-state index in [-0.39, 0.29) is 21.2 Å². The van der Waals surface area contributed by atoms with Crippen molar-refractivity contribution >= 4 is 45.1 Å². The van der Waals surface area contributed by atoms with Gasteiger partial charge in [0.05, 0.1) is 21.3 Å². The summed E-state index contributed by atoms with van der Waals surface area (Å²) in [5.74, 6) is -1.10. The van der Waals surface area contributed by atoms with Gasteiger partial charge in [-0.1, -0.05) is 23.2 Å². The number of carboxylic acids is 1. The minimum Gasteiger partial charge on any atom is -0.478 e. The molecule has 0 atom stereocenters. The lowest BCUT2D eigenvalue weighted by molar-refractivity contribution is 0.0694. The zero-order chi connectivity index (χ0) is 15.9. The smallest absolute Gasteiger partial charge is 0.337 e. The number of aryl methyl sites for hydroxylation is 1. The molecule has 0 bridgehead atoms. The first-order chi connectivity index (χ1) is 9.75. The van der Waals surface area contributed by atoms with Gasteiger partial charge in [0.2, 0.25) is 0 Å². The van der Waals surface area contributed by atoms with Crippen molar-refractivity contribution in [3.05, 3.63) is 59.9 Å². The molecule has 7 heteroatoms. The van der Waals surface area contributed by atoms with E-state index >= 15 is 0 Å². The molecule has 1 heterocycles. The lowest BCUT2D eigenvalue weighted by atomic mass is 10.1.